The van der Waals surface area contributed by atoms with Gasteiger partial charge in [-0.05, 0) is 57.5 Å². The molecule has 3 atom stereocenters. The van der Waals surface area contributed by atoms with E-state index >= 15 is 0 Å². The molecule has 0 aromatic rings. The zero-order chi connectivity index (χ0) is 16.1. The number of rotatable bonds is 4. The number of nitrogens with one attached hydrogen (secondary N) is 2. The van der Waals surface area contributed by atoms with Crippen molar-refractivity contribution in [3.05, 3.63) is 0 Å². The quantitative estimate of drug-likeness (QED) is 0.825. The monoisotopic (exact) mass is 321 g/mol. The van der Waals surface area contributed by atoms with E-state index in [0.29, 0.717) is 5.92 Å². The maximum absolute atomic E-state index is 12.8. The third-order valence-corrected chi connectivity index (χ3v) is 5.80. The van der Waals surface area contributed by atoms with E-state index in [1.165, 1.54) is 12.8 Å². The fourth-order valence-electron chi connectivity index (χ4n) is 4.39. The van der Waals surface area contributed by atoms with Crippen LogP contribution in [0.2, 0.25) is 0 Å². The van der Waals surface area contributed by atoms with Crippen LogP contribution in [0.4, 0.5) is 0 Å². The average molecular weight is 321 g/mol. The van der Waals surface area contributed by atoms with Crippen LogP contribution in [0.5, 0.6) is 0 Å². The van der Waals surface area contributed by atoms with Gasteiger partial charge in [0.1, 0.15) is 0 Å². The summed E-state index contributed by atoms with van der Waals surface area (Å²) in [5, 5.41) is 6.54. The summed E-state index contributed by atoms with van der Waals surface area (Å²) in [6, 6.07) is 0. The number of carbonyl (C=O) groups excluding carboxylic acids is 2. The lowest BCUT2D eigenvalue weighted by Crippen LogP contribution is -2.46. The summed E-state index contributed by atoms with van der Waals surface area (Å²) in [5.74, 6) is 0.721. The van der Waals surface area contributed by atoms with Gasteiger partial charge in [0, 0.05) is 31.5 Å². The molecule has 2 aliphatic heterocycles. The molecule has 3 fully saturated rings. The molecule has 3 rings (SSSR count). The first kappa shape index (κ1) is 16.7. The van der Waals surface area contributed by atoms with Gasteiger partial charge in [-0.3, -0.25) is 9.59 Å². The second-order valence-corrected chi connectivity index (χ2v) is 7.49. The first-order valence-corrected chi connectivity index (χ1v) is 9.53. The van der Waals surface area contributed by atoms with Gasteiger partial charge in [-0.15, -0.1) is 0 Å². The highest BCUT2D eigenvalue weighted by Gasteiger charge is 2.38. The Bertz CT molecular complexity index is 414. The molecule has 0 bridgehead atoms. The van der Waals surface area contributed by atoms with Crippen LogP contribution in [-0.4, -0.2) is 49.4 Å². The Hall–Kier alpha value is -1.10. The molecule has 2 heterocycles. The summed E-state index contributed by atoms with van der Waals surface area (Å²) in [7, 11) is 0. The molecule has 1 aliphatic carbocycles. The highest BCUT2D eigenvalue weighted by atomic mass is 16.2. The molecule has 2 saturated heterocycles. The van der Waals surface area contributed by atoms with E-state index in [1.807, 2.05) is 4.90 Å². The van der Waals surface area contributed by atoms with Crippen molar-refractivity contribution in [2.75, 3.05) is 32.7 Å². The molecule has 5 heteroatoms. The normalized spacial score (nSPS) is 31.8. The predicted octanol–water partition coefficient (Wildman–Crippen LogP) is 1.53. The van der Waals surface area contributed by atoms with Gasteiger partial charge in [-0.1, -0.05) is 12.8 Å². The number of piperidine rings is 1. The summed E-state index contributed by atoms with van der Waals surface area (Å²) in [5.41, 5.74) is 0. The highest BCUT2D eigenvalue weighted by Crippen LogP contribution is 2.32. The minimum Gasteiger partial charge on any atom is -0.356 e. The molecule has 130 valence electrons. The van der Waals surface area contributed by atoms with Crippen LogP contribution in [0.3, 0.4) is 0 Å². The highest BCUT2D eigenvalue weighted by molar-refractivity contribution is 5.88. The molecule has 1 saturated carbocycles. The molecule has 2 amide bonds. The van der Waals surface area contributed by atoms with Crippen LogP contribution in [0.15, 0.2) is 0 Å². The Morgan fingerprint density at radius 1 is 0.957 bits per heavy atom. The van der Waals surface area contributed by atoms with Crippen molar-refractivity contribution >= 4 is 11.8 Å². The van der Waals surface area contributed by atoms with Crippen LogP contribution in [-0.2, 0) is 9.59 Å². The molecule has 0 aromatic carbocycles. The molecular formula is C18H31N3O2. The lowest BCUT2D eigenvalue weighted by atomic mass is 9.77. The van der Waals surface area contributed by atoms with E-state index < -0.39 is 0 Å². The molecule has 0 spiro atoms. The van der Waals surface area contributed by atoms with Crippen molar-refractivity contribution in [1.82, 2.24) is 15.5 Å². The van der Waals surface area contributed by atoms with Crippen molar-refractivity contribution in [1.29, 1.82) is 0 Å². The minimum absolute atomic E-state index is 0.0775. The standard InChI is InChI=1S/C18H31N3O2/c22-17(20-13-14-6-5-9-19-12-14)15-7-1-2-8-16(15)18(23)21-10-3-4-11-21/h14-16,19H,1-13H2,(H,20,22). The molecule has 0 radical (unpaired) electrons. The van der Waals surface area contributed by atoms with Crippen LogP contribution >= 0.6 is 0 Å². The smallest absolute Gasteiger partial charge is 0.226 e. The number of amides is 2. The van der Waals surface area contributed by atoms with Crippen LogP contribution in [0, 0.1) is 17.8 Å². The van der Waals surface area contributed by atoms with Gasteiger partial charge in [0.25, 0.3) is 0 Å². The lowest BCUT2D eigenvalue weighted by Gasteiger charge is -2.33. The van der Waals surface area contributed by atoms with E-state index in [9.17, 15) is 9.59 Å². The van der Waals surface area contributed by atoms with E-state index in [-0.39, 0.29) is 23.7 Å². The number of nitrogens with zero attached hydrogens (tertiary/aromatic N) is 1. The fraction of sp³-hybridized carbons (Fsp3) is 0.889. The van der Waals surface area contributed by atoms with Gasteiger partial charge in [-0.2, -0.15) is 0 Å². The zero-order valence-electron chi connectivity index (χ0n) is 14.2. The maximum Gasteiger partial charge on any atom is 0.226 e. The van der Waals surface area contributed by atoms with Crippen molar-refractivity contribution < 1.29 is 9.59 Å². The van der Waals surface area contributed by atoms with E-state index in [4.69, 9.17) is 0 Å². The van der Waals surface area contributed by atoms with E-state index in [2.05, 4.69) is 10.6 Å². The summed E-state index contributed by atoms with van der Waals surface area (Å²) in [6.45, 7) is 4.63. The predicted molar refractivity (Wildman–Crippen MR) is 89.9 cm³/mol. The number of likely N-dealkylation sites (tertiary alicyclic amines) is 1. The summed E-state index contributed by atoms with van der Waals surface area (Å²) >= 11 is 0. The number of carbonyl (C=O) groups is 2. The van der Waals surface area contributed by atoms with Crippen LogP contribution < -0.4 is 10.6 Å². The van der Waals surface area contributed by atoms with Crippen molar-refractivity contribution in [2.24, 2.45) is 17.8 Å². The lowest BCUT2D eigenvalue weighted by molar-refractivity contribution is -0.142. The Labute approximate surface area is 139 Å². The molecule has 3 unspecified atom stereocenters. The average Bonchev–Trinajstić information content (AvgIpc) is 3.14. The van der Waals surface area contributed by atoms with E-state index in [1.54, 1.807) is 0 Å². The van der Waals surface area contributed by atoms with Crippen molar-refractivity contribution in [3.63, 3.8) is 0 Å². The third kappa shape index (κ3) is 4.25. The van der Waals surface area contributed by atoms with Gasteiger partial charge in [-0.25, -0.2) is 0 Å². The summed E-state index contributed by atoms with van der Waals surface area (Å²) < 4.78 is 0. The Morgan fingerprint density at radius 2 is 1.70 bits per heavy atom. The molecule has 2 N–H and O–H groups in total. The summed E-state index contributed by atoms with van der Waals surface area (Å²) in [4.78, 5) is 27.4. The first-order valence-electron chi connectivity index (χ1n) is 9.53. The van der Waals surface area contributed by atoms with E-state index in [0.717, 1.165) is 71.2 Å². The molecule has 0 aromatic heterocycles. The number of hydrogen-bond acceptors (Lipinski definition) is 3. The van der Waals surface area contributed by atoms with Crippen molar-refractivity contribution in [2.45, 2.75) is 51.4 Å². The van der Waals surface area contributed by atoms with Gasteiger partial charge >= 0.3 is 0 Å². The molecule has 23 heavy (non-hydrogen) atoms. The second-order valence-electron chi connectivity index (χ2n) is 7.49. The topological polar surface area (TPSA) is 61.4 Å². The summed E-state index contributed by atoms with van der Waals surface area (Å²) in [6.07, 6.45) is 8.53. The molecule has 3 aliphatic rings. The Kier molecular flexibility index (Phi) is 5.92. The Morgan fingerprint density at radius 3 is 2.39 bits per heavy atom. The Balaban J connectivity index is 1.54. The minimum atomic E-state index is -0.103. The second kappa shape index (κ2) is 8.13. The third-order valence-electron chi connectivity index (χ3n) is 5.80. The van der Waals surface area contributed by atoms with Crippen molar-refractivity contribution in [3.8, 4) is 0 Å². The van der Waals surface area contributed by atoms with Gasteiger partial charge < -0.3 is 15.5 Å². The molecule has 5 nitrogen and oxygen atoms in total. The SMILES string of the molecule is O=C(NCC1CCCNC1)C1CCCCC1C(=O)N1CCCC1. The van der Waals surface area contributed by atoms with Gasteiger partial charge in [0.05, 0.1) is 0 Å². The maximum atomic E-state index is 12.8. The number of hydrogen-bond donors (Lipinski definition) is 2. The molecular weight excluding hydrogens is 290 g/mol. The van der Waals surface area contributed by atoms with Crippen LogP contribution in [0.25, 0.3) is 0 Å². The van der Waals surface area contributed by atoms with Gasteiger partial charge in [0.15, 0.2) is 0 Å². The van der Waals surface area contributed by atoms with Gasteiger partial charge in [0.2, 0.25) is 11.8 Å². The zero-order valence-corrected chi connectivity index (χ0v) is 14.2. The fourth-order valence-corrected chi connectivity index (χ4v) is 4.39. The van der Waals surface area contributed by atoms with Crippen LogP contribution in [0.1, 0.15) is 51.4 Å². The largest absolute Gasteiger partial charge is 0.356 e. The first-order chi connectivity index (χ1) is 11.3.